The third-order valence-electron chi connectivity index (χ3n) is 5.30. The number of carbonyl (C=O) groups is 2. The van der Waals surface area contributed by atoms with Crippen LogP contribution in [0.15, 0.2) is 24.3 Å². The largest absolute Gasteiger partial charge is 0.336 e. The van der Waals surface area contributed by atoms with Crippen LogP contribution in [0.3, 0.4) is 0 Å². The van der Waals surface area contributed by atoms with Crippen molar-refractivity contribution in [2.75, 3.05) is 25.0 Å². The number of nitrogens with zero attached hydrogens (tertiary/aromatic N) is 1. The lowest BCUT2D eigenvalue weighted by Gasteiger charge is -2.34. The van der Waals surface area contributed by atoms with E-state index in [9.17, 15) is 9.59 Å². The third kappa shape index (κ3) is 4.40. The predicted octanol–water partition coefficient (Wildman–Crippen LogP) is 2.89. The Morgan fingerprint density at radius 2 is 2.00 bits per heavy atom. The molecule has 1 aliphatic heterocycles. The van der Waals surface area contributed by atoms with Gasteiger partial charge in [-0.3, -0.25) is 9.59 Å². The van der Waals surface area contributed by atoms with Crippen LogP contribution in [0.5, 0.6) is 0 Å². The van der Waals surface area contributed by atoms with Gasteiger partial charge < -0.3 is 15.5 Å². The Labute approximate surface area is 150 Å². The molecule has 1 aliphatic carbocycles. The lowest BCUT2D eigenvalue weighted by Crippen LogP contribution is -2.46. The molecule has 2 fully saturated rings. The standard InChI is InChI=1S/C20H29N3O2/c1-3-11-23(17-7-9-21-10-8-17)20(25)15-5-4-6-16(13-15)22-19(24)18-12-14(18)2/h4-6,13-14,17-18,21H,3,7-12H2,1-2H3,(H,22,24). The topological polar surface area (TPSA) is 61.4 Å². The van der Waals surface area contributed by atoms with E-state index >= 15 is 0 Å². The van der Waals surface area contributed by atoms with Crippen molar-refractivity contribution in [1.29, 1.82) is 0 Å². The van der Waals surface area contributed by atoms with Gasteiger partial charge in [0.25, 0.3) is 5.91 Å². The zero-order valence-corrected chi connectivity index (χ0v) is 15.3. The number of benzene rings is 1. The lowest BCUT2D eigenvalue weighted by molar-refractivity contribution is -0.117. The minimum atomic E-state index is 0.0702. The van der Waals surface area contributed by atoms with Gasteiger partial charge in [0.1, 0.15) is 0 Å². The number of hydrogen-bond acceptors (Lipinski definition) is 3. The molecule has 0 spiro atoms. The molecule has 2 unspecified atom stereocenters. The molecule has 2 amide bonds. The summed E-state index contributed by atoms with van der Waals surface area (Å²) in [5, 5.41) is 6.32. The zero-order valence-electron chi connectivity index (χ0n) is 15.3. The quantitative estimate of drug-likeness (QED) is 0.835. The Balaban J connectivity index is 1.71. The molecule has 1 aromatic carbocycles. The van der Waals surface area contributed by atoms with Crippen molar-refractivity contribution in [1.82, 2.24) is 10.2 Å². The Hall–Kier alpha value is -1.88. The maximum atomic E-state index is 13.1. The molecule has 1 heterocycles. The Bertz CT molecular complexity index is 625. The van der Waals surface area contributed by atoms with Crippen molar-refractivity contribution in [2.24, 2.45) is 11.8 Å². The molecule has 1 saturated carbocycles. The molecule has 2 aliphatic rings. The number of amides is 2. The van der Waals surface area contributed by atoms with E-state index in [1.807, 2.05) is 29.2 Å². The molecular formula is C20H29N3O2. The molecule has 1 aromatic rings. The molecule has 5 heteroatoms. The SMILES string of the molecule is CCCN(C(=O)c1cccc(NC(=O)C2CC2C)c1)C1CCNCC1. The van der Waals surface area contributed by atoms with Crippen LogP contribution >= 0.6 is 0 Å². The van der Waals surface area contributed by atoms with Crippen molar-refractivity contribution in [3.05, 3.63) is 29.8 Å². The van der Waals surface area contributed by atoms with Gasteiger partial charge in [0.15, 0.2) is 0 Å². The van der Waals surface area contributed by atoms with Crippen LogP contribution in [0.1, 0.15) is 49.9 Å². The van der Waals surface area contributed by atoms with Gasteiger partial charge in [0, 0.05) is 29.8 Å². The highest BCUT2D eigenvalue weighted by Crippen LogP contribution is 2.38. The maximum Gasteiger partial charge on any atom is 0.254 e. The van der Waals surface area contributed by atoms with Crippen LogP contribution < -0.4 is 10.6 Å². The summed E-state index contributed by atoms with van der Waals surface area (Å²) in [5.41, 5.74) is 1.38. The molecule has 2 atom stereocenters. The van der Waals surface area contributed by atoms with Gasteiger partial charge in [-0.1, -0.05) is 19.9 Å². The number of rotatable bonds is 6. The molecule has 25 heavy (non-hydrogen) atoms. The van der Waals surface area contributed by atoms with Crippen molar-refractivity contribution >= 4 is 17.5 Å². The Morgan fingerprint density at radius 1 is 1.28 bits per heavy atom. The van der Waals surface area contributed by atoms with Gasteiger partial charge in [-0.2, -0.15) is 0 Å². The Kier molecular flexibility index (Phi) is 5.74. The molecule has 0 radical (unpaired) electrons. The molecule has 3 rings (SSSR count). The molecular weight excluding hydrogens is 314 g/mol. The average Bonchev–Trinajstić information content (AvgIpc) is 3.37. The fraction of sp³-hybridized carbons (Fsp3) is 0.600. The third-order valence-corrected chi connectivity index (χ3v) is 5.30. The molecule has 0 aromatic heterocycles. The summed E-state index contributed by atoms with van der Waals surface area (Å²) in [4.78, 5) is 27.2. The van der Waals surface area contributed by atoms with Crippen LogP contribution in [-0.2, 0) is 4.79 Å². The first kappa shape index (κ1) is 17.9. The second-order valence-corrected chi connectivity index (χ2v) is 7.37. The van der Waals surface area contributed by atoms with Crippen LogP contribution in [0.25, 0.3) is 0 Å². The lowest BCUT2D eigenvalue weighted by atomic mass is 10.0. The van der Waals surface area contributed by atoms with E-state index in [0.29, 0.717) is 17.5 Å². The van der Waals surface area contributed by atoms with Gasteiger partial charge in [-0.25, -0.2) is 0 Å². The van der Waals surface area contributed by atoms with Crippen molar-refractivity contribution in [2.45, 2.75) is 45.6 Å². The van der Waals surface area contributed by atoms with Gasteiger partial charge in [-0.05, 0) is 62.9 Å². The van der Waals surface area contributed by atoms with Crippen LogP contribution in [0.4, 0.5) is 5.69 Å². The first-order valence-electron chi connectivity index (χ1n) is 9.52. The van der Waals surface area contributed by atoms with E-state index in [1.54, 1.807) is 0 Å². The normalized spacial score (nSPS) is 23.1. The average molecular weight is 343 g/mol. The molecule has 1 saturated heterocycles. The number of nitrogens with one attached hydrogen (secondary N) is 2. The van der Waals surface area contributed by atoms with E-state index in [-0.39, 0.29) is 17.7 Å². The van der Waals surface area contributed by atoms with Gasteiger partial charge >= 0.3 is 0 Å². The summed E-state index contributed by atoms with van der Waals surface area (Å²) < 4.78 is 0. The molecule has 5 nitrogen and oxygen atoms in total. The molecule has 0 bridgehead atoms. The summed E-state index contributed by atoms with van der Waals surface area (Å²) in [7, 11) is 0. The molecule has 136 valence electrons. The van der Waals surface area contributed by atoms with Crippen molar-refractivity contribution < 1.29 is 9.59 Å². The smallest absolute Gasteiger partial charge is 0.254 e. The molecule has 2 N–H and O–H groups in total. The zero-order chi connectivity index (χ0) is 17.8. The first-order valence-corrected chi connectivity index (χ1v) is 9.52. The monoisotopic (exact) mass is 343 g/mol. The van der Waals surface area contributed by atoms with E-state index in [1.165, 1.54) is 0 Å². The van der Waals surface area contributed by atoms with E-state index in [4.69, 9.17) is 0 Å². The summed E-state index contributed by atoms with van der Waals surface area (Å²) in [5.74, 6) is 0.751. The first-order chi connectivity index (χ1) is 12.1. The van der Waals surface area contributed by atoms with E-state index in [0.717, 1.165) is 51.0 Å². The fourth-order valence-corrected chi connectivity index (χ4v) is 3.63. The minimum absolute atomic E-state index is 0.0702. The van der Waals surface area contributed by atoms with Gasteiger partial charge in [-0.15, -0.1) is 0 Å². The fourth-order valence-electron chi connectivity index (χ4n) is 3.63. The van der Waals surface area contributed by atoms with Crippen molar-refractivity contribution in [3.8, 4) is 0 Å². The van der Waals surface area contributed by atoms with Gasteiger partial charge in [0.2, 0.25) is 5.91 Å². The number of piperidine rings is 1. The number of carbonyl (C=O) groups excluding carboxylic acids is 2. The minimum Gasteiger partial charge on any atom is -0.336 e. The maximum absolute atomic E-state index is 13.1. The summed E-state index contributed by atoms with van der Waals surface area (Å²) in [6.45, 7) is 6.90. The highest BCUT2D eigenvalue weighted by molar-refractivity contribution is 5.98. The Morgan fingerprint density at radius 3 is 2.64 bits per heavy atom. The number of anilines is 1. The number of hydrogen-bond donors (Lipinski definition) is 2. The summed E-state index contributed by atoms with van der Waals surface area (Å²) in [6, 6.07) is 7.68. The second kappa shape index (κ2) is 8.00. The van der Waals surface area contributed by atoms with Crippen LogP contribution in [-0.4, -0.2) is 42.4 Å². The summed E-state index contributed by atoms with van der Waals surface area (Å²) in [6.07, 6.45) is 3.92. The second-order valence-electron chi connectivity index (χ2n) is 7.37. The van der Waals surface area contributed by atoms with Crippen LogP contribution in [0.2, 0.25) is 0 Å². The highest BCUT2D eigenvalue weighted by Gasteiger charge is 2.39. The predicted molar refractivity (Wildman–Crippen MR) is 99.6 cm³/mol. The van der Waals surface area contributed by atoms with Gasteiger partial charge in [0.05, 0.1) is 0 Å². The highest BCUT2D eigenvalue weighted by atomic mass is 16.2. The van der Waals surface area contributed by atoms with Crippen LogP contribution in [0, 0.1) is 11.8 Å². The van der Waals surface area contributed by atoms with Crippen molar-refractivity contribution in [3.63, 3.8) is 0 Å². The van der Waals surface area contributed by atoms with E-state index in [2.05, 4.69) is 24.5 Å². The van der Waals surface area contributed by atoms with E-state index < -0.39 is 0 Å². The summed E-state index contributed by atoms with van der Waals surface area (Å²) >= 11 is 0.